The molecule has 0 saturated carbocycles. The molecule has 1 atom stereocenters. The normalized spacial score (nSPS) is 11.8. The number of hydrogen-bond acceptors (Lipinski definition) is 4. The number of anilines is 1. The highest BCUT2D eigenvalue weighted by atomic mass is 19.2. The highest BCUT2D eigenvalue weighted by molar-refractivity contribution is 5.92. The summed E-state index contributed by atoms with van der Waals surface area (Å²) < 4.78 is 26.1. The molecule has 0 aromatic heterocycles. The molecule has 0 saturated heterocycles. The van der Waals surface area contributed by atoms with Crippen LogP contribution in [0.3, 0.4) is 0 Å². The van der Waals surface area contributed by atoms with Crippen molar-refractivity contribution < 1.29 is 18.5 Å². The molecule has 0 radical (unpaired) electrons. The summed E-state index contributed by atoms with van der Waals surface area (Å²) in [5, 5.41) is 16.1. The molecule has 24 heavy (non-hydrogen) atoms. The van der Waals surface area contributed by atoms with Crippen LogP contribution in [0.4, 0.5) is 20.2 Å². The minimum absolute atomic E-state index is 0.0944. The molecule has 2 aromatic rings. The zero-order chi connectivity index (χ0) is 17.7. The second kappa shape index (κ2) is 7.60. The van der Waals surface area contributed by atoms with Crippen LogP contribution in [0.15, 0.2) is 42.5 Å². The van der Waals surface area contributed by atoms with E-state index in [0.29, 0.717) is 11.3 Å². The van der Waals surface area contributed by atoms with Crippen molar-refractivity contribution >= 4 is 17.3 Å². The van der Waals surface area contributed by atoms with Crippen molar-refractivity contribution in [3.8, 4) is 0 Å². The summed E-state index contributed by atoms with van der Waals surface area (Å²) in [5.74, 6) is -2.30. The van der Waals surface area contributed by atoms with Gasteiger partial charge in [-0.15, -0.1) is 0 Å². The molecule has 0 aliphatic rings. The highest BCUT2D eigenvalue weighted by Gasteiger charge is 2.12. The minimum Gasteiger partial charge on any atom is -0.325 e. The third-order valence-corrected chi connectivity index (χ3v) is 3.35. The Morgan fingerprint density at radius 2 is 1.96 bits per heavy atom. The van der Waals surface area contributed by atoms with E-state index in [9.17, 15) is 23.7 Å². The number of halogens is 2. The third-order valence-electron chi connectivity index (χ3n) is 3.35. The van der Waals surface area contributed by atoms with E-state index in [1.54, 1.807) is 6.92 Å². The van der Waals surface area contributed by atoms with Gasteiger partial charge in [0.25, 0.3) is 5.69 Å². The Balaban J connectivity index is 1.91. The SMILES string of the molecule is C[C@H](NCC(=O)Nc1cccc([N+](=O)[O-])c1)c1ccc(F)c(F)c1. The quantitative estimate of drug-likeness (QED) is 0.627. The second-order valence-electron chi connectivity index (χ2n) is 5.13. The average molecular weight is 335 g/mol. The van der Waals surface area contributed by atoms with Crippen LogP contribution < -0.4 is 10.6 Å². The van der Waals surface area contributed by atoms with Crippen molar-refractivity contribution in [2.45, 2.75) is 13.0 Å². The smallest absolute Gasteiger partial charge is 0.271 e. The van der Waals surface area contributed by atoms with E-state index in [2.05, 4.69) is 10.6 Å². The van der Waals surface area contributed by atoms with E-state index in [1.165, 1.54) is 30.3 Å². The van der Waals surface area contributed by atoms with Gasteiger partial charge >= 0.3 is 0 Å². The number of carbonyl (C=O) groups excluding carboxylic acids is 1. The molecular weight excluding hydrogens is 320 g/mol. The van der Waals surface area contributed by atoms with Crippen LogP contribution in [0.1, 0.15) is 18.5 Å². The Morgan fingerprint density at radius 3 is 2.62 bits per heavy atom. The molecule has 0 heterocycles. The number of hydrogen-bond donors (Lipinski definition) is 2. The van der Waals surface area contributed by atoms with Gasteiger partial charge in [-0.3, -0.25) is 14.9 Å². The number of amides is 1. The van der Waals surface area contributed by atoms with Crippen LogP contribution in [0.5, 0.6) is 0 Å². The average Bonchev–Trinajstić information content (AvgIpc) is 2.55. The van der Waals surface area contributed by atoms with Crippen molar-refractivity contribution in [3.63, 3.8) is 0 Å². The number of nitrogens with zero attached hydrogens (tertiary/aromatic N) is 1. The fourth-order valence-electron chi connectivity index (χ4n) is 2.05. The lowest BCUT2D eigenvalue weighted by Crippen LogP contribution is -2.30. The predicted octanol–water partition coefficient (Wildman–Crippen LogP) is 3.16. The fourth-order valence-corrected chi connectivity index (χ4v) is 2.05. The maximum atomic E-state index is 13.2. The molecule has 0 spiro atoms. The van der Waals surface area contributed by atoms with Crippen LogP contribution in [0.2, 0.25) is 0 Å². The summed E-state index contributed by atoms with van der Waals surface area (Å²) in [7, 11) is 0. The molecule has 2 rings (SSSR count). The Kier molecular flexibility index (Phi) is 5.54. The number of nitro benzene ring substituents is 1. The number of nitrogens with one attached hydrogen (secondary N) is 2. The molecule has 0 unspecified atom stereocenters. The summed E-state index contributed by atoms with van der Waals surface area (Å²) in [6.45, 7) is 1.61. The lowest BCUT2D eigenvalue weighted by atomic mass is 10.1. The summed E-state index contributed by atoms with van der Waals surface area (Å²) in [4.78, 5) is 22.0. The molecule has 0 bridgehead atoms. The van der Waals surface area contributed by atoms with Gasteiger partial charge in [0.2, 0.25) is 5.91 Å². The van der Waals surface area contributed by atoms with Gasteiger partial charge in [0, 0.05) is 23.9 Å². The van der Waals surface area contributed by atoms with Crippen LogP contribution >= 0.6 is 0 Å². The summed E-state index contributed by atoms with van der Waals surface area (Å²) in [5.41, 5.74) is 0.671. The number of rotatable bonds is 6. The van der Waals surface area contributed by atoms with E-state index >= 15 is 0 Å². The lowest BCUT2D eigenvalue weighted by molar-refractivity contribution is -0.384. The van der Waals surface area contributed by atoms with Gasteiger partial charge in [0.15, 0.2) is 11.6 Å². The van der Waals surface area contributed by atoms with Crippen molar-refractivity contribution in [2.75, 3.05) is 11.9 Å². The number of carbonyl (C=O) groups is 1. The first-order chi connectivity index (χ1) is 11.4. The van der Waals surface area contributed by atoms with E-state index in [1.807, 2.05) is 0 Å². The first kappa shape index (κ1) is 17.5. The van der Waals surface area contributed by atoms with E-state index in [-0.39, 0.29) is 18.3 Å². The Morgan fingerprint density at radius 1 is 1.21 bits per heavy atom. The lowest BCUT2D eigenvalue weighted by Gasteiger charge is -2.14. The second-order valence-corrected chi connectivity index (χ2v) is 5.13. The molecule has 0 aliphatic heterocycles. The fraction of sp³-hybridized carbons (Fsp3) is 0.188. The third kappa shape index (κ3) is 4.56. The van der Waals surface area contributed by atoms with Gasteiger partial charge in [-0.1, -0.05) is 12.1 Å². The van der Waals surface area contributed by atoms with Crippen LogP contribution in [0.25, 0.3) is 0 Å². The highest BCUT2D eigenvalue weighted by Crippen LogP contribution is 2.17. The summed E-state index contributed by atoms with van der Waals surface area (Å²) in [6, 6.07) is 8.69. The first-order valence-electron chi connectivity index (χ1n) is 7.09. The predicted molar refractivity (Wildman–Crippen MR) is 84.5 cm³/mol. The Bertz CT molecular complexity index is 768. The van der Waals surface area contributed by atoms with Gasteiger partial charge in [-0.2, -0.15) is 0 Å². The summed E-state index contributed by atoms with van der Waals surface area (Å²) in [6.07, 6.45) is 0. The topological polar surface area (TPSA) is 84.3 Å². The van der Waals surface area contributed by atoms with Crippen molar-refractivity contribution in [1.29, 1.82) is 0 Å². The van der Waals surface area contributed by atoms with Gasteiger partial charge in [-0.25, -0.2) is 8.78 Å². The zero-order valence-electron chi connectivity index (χ0n) is 12.8. The van der Waals surface area contributed by atoms with Gasteiger partial charge in [-0.05, 0) is 30.7 Å². The van der Waals surface area contributed by atoms with Crippen LogP contribution in [-0.4, -0.2) is 17.4 Å². The minimum atomic E-state index is -0.956. The van der Waals surface area contributed by atoms with E-state index in [4.69, 9.17) is 0 Å². The number of benzene rings is 2. The van der Waals surface area contributed by atoms with Crippen molar-refractivity contribution in [3.05, 3.63) is 69.8 Å². The molecule has 0 aliphatic carbocycles. The Hall–Kier alpha value is -2.87. The molecule has 0 fully saturated rings. The Labute approximate surface area is 136 Å². The maximum Gasteiger partial charge on any atom is 0.271 e. The molecule has 126 valence electrons. The molecule has 2 aromatic carbocycles. The molecule has 1 amide bonds. The van der Waals surface area contributed by atoms with E-state index in [0.717, 1.165) is 12.1 Å². The largest absolute Gasteiger partial charge is 0.325 e. The van der Waals surface area contributed by atoms with Gasteiger partial charge < -0.3 is 10.6 Å². The van der Waals surface area contributed by atoms with Crippen LogP contribution in [0, 0.1) is 21.7 Å². The molecular formula is C16H15F2N3O3. The standard InChI is InChI=1S/C16H15F2N3O3/c1-10(11-5-6-14(17)15(18)7-11)19-9-16(22)20-12-3-2-4-13(8-12)21(23)24/h2-8,10,19H,9H2,1H3,(H,20,22)/t10-/m0/s1. The van der Waals surface area contributed by atoms with Gasteiger partial charge in [0.1, 0.15) is 0 Å². The summed E-state index contributed by atoms with van der Waals surface area (Å²) >= 11 is 0. The zero-order valence-corrected chi connectivity index (χ0v) is 12.8. The van der Waals surface area contributed by atoms with Crippen LogP contribution in [-0.2, 0) is 4.79 Å². The van der Waals surface area contributed by atoms with Crippen molar-refractivity contribution in [2.24, 2.45) is 0 Å². The van der Waals surface area contributed by atoms with E-state index < -0.39 is 22.5 Å². The number of nitro groups is 1. The first-order valence-corrected chi connectivity index (χ1v) is 7.09. The molecule has 6 nitrogen and oxygen atoms in total. The monoisotopic (exact) mass is 335 g/mol. The maximum absolute atomic E-state index is 13.2. The van der Waals surface area contributed by atoms with Gasteiger partial charge in [0.05, 0.1) is 11.5 Å². The molecule has 8 heteroatoms. The molecule has 2 N–H and O–H groups in total. The van der Waals surface area contributed by atoms with Crippen molar-refractivity contribution in [1.82, 2.24) is 5.32 Å². The number of non-ortho nitro benzene ring substituents is 1.